The summed E-state index contributed by atoms with van der Waals surface area (Å²) < 4.78 is 21.4. The third-order valence-electron chi connectivity index (χ3n) is 4.80. The van der Waals surface area contributed by atoms with Gasteiger partial charge in [0.2, 0.25) is 0 Å². The summed E-state index contributed by atoms with van der Waals surface area (Å²) in [5.74, 6) is -0.782. The van der Waals surface area contributed by atoms with Crippen LogP contribution in [0.2, 0.25) is 0 Å². The lowest BCUT2D eigenvalue weighted by Gasteiger charge is -2.19. The lowest BCUT2D eigenvalue weighted by Crippen LogP contribution is -2.25. The van der Waals surface area contributed by atoms with Crippen LogP contribution in [0, 0.1) is 26.6 Å². The number of rotatable bonds is 5. The van der Waals surface area contributed by atoms with Crippen LogP contribution in [0.4, 0.5) is 15.9 Å². The van der Waals surface area contributed by atoms with E-state index in [9.17, 15) is 14.0 Å². The van der Waals surface area contributed by atoms with E-state index in [1.807, 2.05) is 26.0 Å². The normalized spacial score (nSPS) is 10.7. The smallest absolute Gasteiger partial charge is 0.256 e. The number of carbonyl (C=O) groups excluding carboxylic acids is 1. The van der Waals surface area contributed by atoms with Crippen LogP contribution in [0.25, 0.3) is 0 Å². The number of aromatic nitrogens is 1. The van der Waals surface area contributed by atoms with Crippen LogP contribution in [-0.2, 0) is 7.05 Å². The van der Waals surface area contributed by atoms with Crippen LogP contribution in [-0.4, -0.2) is 10.5 Å². The molecule has 0 aliphatic rings. The van der Waals surface area contributed by atoms with Crippen LogP contribution in [0.1, 0.15) is 27.0 Å². The van der Waals surface area contributed by atoms with Gasteiger partial charge in [-0.1, -0.05) is 18.2 Å². The molecule has 1 amide bonds. The van der Waals surface area contributed by atoms with Gasteiger partial charge in [-0.05, 0) is 55.7 Å². The molecule has 0 saturated heterocycles. The third-order valence-corrected chi connectivity index (χ3v) is 4.80. The molecule has 0 bridgehead atoms. The number of nitrogens with zero attached hydrogens (tertiary/aromatic N) is 1. The number of hydrogen-bond acceptors (Lipinski definition) is 4. The molecule has 3 N–H and O–H groups in total. The molecule has 0 radical (unpaired) electrons. The van der Waals surface area contributed by atoms with Crippen molar-refractivity contribution in [3.05, 3.63) is 80.9 Å². The minimum Gasteiger partial charge on any atom is -0.456 e. The number of carbonyl (C=O) groups is 1. The Bertz CT molecular complexity index is 1170. The molecule has 0 saturated carbocycles. The zero-order chi connectivity index (χ0) is 21.3. The number of pyridine rings is 1. The third kappa shape index (κ3) is 3.99. The number of hydrogen-bond donors (Lipinski definition) is 2. The fourth-order valence-corrected chi connectivity index (χ4v) is 2.94. The molecule has 150 valence electrons. The van der Waals surface area contributed by atoms with Crippen molar-refractivity contribution in [2.75, 3.05) is 5.32 Å². The van der Waals surface area contributed by atoms with Crippen LogP contribution in [0.5, 0.6) is 11.5 Å². The highest BCUT2D eigenvalue weighted by atomic mass is 19.1. The van der Waals surface area contributed by atoms with Crippen molar-refractivity contribution in [3.63, 3.8) is 0 Å². The number of benzene rings is 2. The average Bonchev–Trinajstić information content (AvgIpc) is 2.64. The minimum atomic E-state index is -0.809. The molecule has 0 atom stereocenters. The van der Waals surface area contributed by atoms with Gasteiger partial charge >= 0.3 is 0 Å². The predicted octanol–water partition coefficient (Wildman–Crippen LogP) is 4.08. The molecular formula is C22H22FN3O3. The number of primary amides is 1. The topological polar surface area (TPSA) is 86.3 Å². The Morgan fingerprint density at radius 3 is 2.48 bits per heavy atom. The summed E-state index contributed by atoms with van der Waals surface area (Å²) in [6.07, 6.45) is 0. The van der Waals surface area contributed by atoms with Crippen molar-refractivity contribution in [2.45, 2.75) is 20.8 Å². The highest BCUT2D eigenvalue weighted by molar-refractivity contribution is 6.01. The molecule has 6 nitrogen and oxygen atoms in total. The molecule has 29 heavy (non-hydrogen) atoms. The lowest BCUT2D eigenvalue weighted by atomic mass is 10.1. The Morgan fingerprint density at radius 1 is 1.10 bits per heavy atom. The molecule has 3 rings (SSSR count). The maximum absolute atomic E-state index is 14.3. The molecule has 0 unspecified atom stereocenters. The number of halogens is 1. The number of anilines is 2. The van der Waals surface area contributed by atoms with E-state index in [2.05, 4.69) is 5.32 Å². The highest BCUT2D eigenvalue weighted by Gasteiger charge is 2.22. The van der Waals surface area contributed by atoms with E-state index in [4.69, 9.17) is 10.5 Å². The van der Waals surface area contributed by atoms with Gasteiger partial charge in [0.25, 0.3) is 11.5 Å². The summed E-state index contributed by atoms with van der Waals surface area (Å²) in [6.45, 7) is 5.56. The van der Waals surface area contributed by atoms with E-state index in [-0.39, 0.29) is 22.8 Å². The fraction of sp³-hybridized carbons (Fsp3) is 0.182. The van der Waals surface area contributed by atoms with Gasteiger partial charge in [0.15, 0.2) is 0 Å². The minimum absolute atomic E-state index is 0.00400. The molecule has 0 fully saturated rings. The standard InChI is InChI=1S/C22H22FN3O3/c1-12-8-9-16(15(23)10-12)25-22-20(21(24)28)18(11-19(27)26(22)4)29-17-7-5-6-13(2)14(17)3/h5-11,25H,1-4H3,(H2,24,28). The summed E-state index contributed by atoms with van der Waals surface area (Å²) in [5, 5.41) is 2.82. The van der Waals surface area contributed by atoms with Crippen molar-refractivity contribution >= 4 is 17.4 Å². The maximum atomic E-state index is 14.3. The average molecular weight is 395 g/mol. The van der Waals surface area contributed by atoms with Gasteiger partial charge in [-0.3, -0.25) is 14.2 Å². The quantitative estimate of drug-likeness (QED) is 0.681. The first-order valence-electron chi connectivity index (χ1n) is 9.00. The van der Waals surface area contributed by atoms with E-state index >= 15 is 0 Å². The summed E-state index contributed by atoms with van der Waals surface area (Å²) in [6, 6.07) is 11.2. The molecule has 1 heterocycles. The molecule has 2 aromatic carbocycles. The Balaban J connectivity index is 2.17. The van der Waals surface area contributed by atoms with E-state index in [1.165, 1.54) is 29.8 Å². The molecule has 3 aromatic rings. The monoisotopic (exact) mass is 395 g/mol. The van der Waals surface area contributed by atoms with Gasteiger partial charge < -0.3 is 15.8 Å². The van der Waals surface area contributed by atoms with Crippen LogP contribution in [0.15, 0.2) is 47.3 Å². The summed E-state index contributed by atoms with van der Waals surface area (Å²) in [5.41, 5.74) is 7.82. The van der Waals surface area contributed by atoms with Gasteiger partial charge in [-0.2, -0.15) is 0 Å². The lowest BCUT2D eigenvalue weighted by molar-refractivity contribution is 0.0998. The first-order chi connectivity index (χ1) is 13.7. The first-order valence-corrected chi connectivity index (χ1v) is 9.00. The van der Waals surface area contributed by atoms with Crippen molar-refractivity contribution in [1.29, 1.82) is 0 Å². The van der Waals surface area contributed by atoms with Gasteiger partial charge in [-0.25, -0.2) is 4.39 Å². The molecule has 7 heteroatoms. The molecule has 0 aliphatic heterocycles. The summed E-state index contributed by atoms with van der Waals surface area (Å²) in [4.78, 5) is 24.8. The van der Waals surface area contributed by atoms with E-state index in [0.29, 0.717) is 5.75 Å². The highest BCUT2D eigenvalue weighted by Crippen LogP contribution is 2.33. The van der Waals surface area contributed by atoms with E-state index in [0.717, 1.165) is 16.7 Å². The van der Waals surface area contributed by atoms with E-state index < -0.39 is 17.3 Å². The second kappa shape index (κ2) is 7.79. The largest absolute Gasteiger partial charge is 0.456 e. The number of ether oxygens (including phenoxy) is 1. The maximum Gasteiger partial charge on any atom is 0.256 e. The van der Waals surface area contributed by atoms with Crippen LogP contribution < -0.4 is 21.3 Å². The second-order valence-corrected chi connectivity index (χ2v) is 6.90. The molecule has 0 aliphatic carbocycles. The van der Waals surface area contributed by atoms with E-state index in [1.54, 1.807) is 19.1 Å². The fourth-order valence-electron chi connectivity index (χ4n) is 2.94. The number of nitrogens with two attached hydrogens (primary N) is 1. The first kappa shape index (κ1) is 20.1. The Morgan fingerprint density at radius 2 is 1.83 bits per heavy atom. The number of aryl methyl sites for hydroxylation is 2. The van der Waals surface area contributed by atoms with Gasteiger partial charge in [0, 0.05) is 13.1 Å². The Hall–Kier alpha value is -3.61. The zero-order valence-electron chi connectivity index (χ0n) is 16.7. The summed E-state index contributed by atoms with van der Waals surface area (Å²) >= 11 is 0. The van der Waals surface area contributed by atoms with Crippen molar-refractivity contribution in [3.8, 4) is 11.5 Å². The molecule has 0 spiro atoms. The van der Waals surface area contributed by atoms with Gasteiger partial charge in [0.05, 0.1) is 5.69 Å². The Kier molecular flexibility index (Phi) is 5.41. The van der Waals surface area contributed by atoms with Crippen molar-refractivity contribution in [2.24, 2.45) is 12.8 Å². The second-order valence-electron chi connectivity index (χ2n) is 6.90. The SMILES string of the molecule is Cc1ccc(Nc2c(C(N)=O)c(Oc3cccc(C)c3C)cc(=O)n2C)c(F)c1. The molecular weight excluding hydrogens is 373 g/mol. The number of amides is 1. The van der Waals surface area contributed by atoms with Crippen molar-refractivity contribution in [1.82, 2.24) is 4.57 Å². The van der Waals surface area contributed by atoms with Crippen molar-refractivity contribution < 1.29 is 13.9 Å². The summed E-state index contributed by atoms with van der Waals surface area (Å²) in [7, 11) is 1.46. The van der Waals surface area contributed by atoms with Gasteiger partial charge in [0.1, 0.15) is 28.7 Å². The Labute approximate surface area is 167 Å². The van der Waals surface area contributed by atoms with Crippen LogP contribution >= 0.6 is 0 Å². The van der Waals surface area contributed by atoms with Crippen LogP contribution in [0.3, 0.4) is 0 Å². The predicted molar refractivity (Wildman–Crippen MR) is 111 cm³/mol. The number of nitrogens with one attached hydrogen (secondary N) is 1. The zero-order valence-corrected chi connectivity index (χ0v) is 16.7. The molecule has 1 aromatic heterocycles. The van der Waals surface area contributed by atoms with Gasteiger partial charge in [-0.15, -0.1) is 0 Å².